The van der Waals surface area contributed by atoms with Crippen molar-refractivity contribution in [2.75, 3.05) is 11.9 Å². The normalized spacial score (nSPS) is 10.2. The van der Waals surface area contributed by atoms with Gasteiger partial charge in [0.15, 0.2) is 0 Å². The SMILES string of the molecule is Cc1ccc(NCCCCCC(=O)O)c(C)c1. The average Bonchev–Trinajstić information content (AvgIpc) is 2.25. The van der Waals surface area contributed by atoms with Crippen LogP contribution in [0.15, 0.2) is 18.2 Å². The van der Waals surface area contributed by atoms with Gasteiger partial charge in [0.05, 0.1) is 0 Å². The van der Waals surface area contributed by atoms with Gasteiger partial charge in [-0.05, 0) is 38.3 Å². The van der Waals surface area contributed by atoms with Crippen LogP contribution in [0.4, 0.5) is 5.69 Å². The van der Waals surface area contributed by atoms with Crippen molar-refractivity contribution < 1.29 is 9.90 Å². The predicted molar refractivity (Wildman–Crippen MR) is 70.5 cm³/mol. The summed E-state index contributed by atoms with van der Waals surface area (Å²) in [4.78, 5) is 10.3. The zero-order valence-electron chi connectivity index (χ0n) is 10.6. The Morgan fingerprint density at radius 3 is 2.65 bits per heavy atom. The molecule has 0 amide bonds. The lowest BCUT2D eigenvalue weighted by molar-refractivity contribution is -0.137. The molecule has 0 aliphatic carbocycles. The second-order valence-corrected chi connectivity index (χ2v) is 4.45. The van der Waals surface area contributed by atoms with Gasteiger partial charge in [0.1, 0.15) is 0 Å². The Hall–Kier alpha value is -1.51. The first-order valence-electron chi connectivity index (χ1n) is 6.12. The van der Waals surface area contributed by atoms with Gasteiger partial charge in [-0.15, -0.1) is 0 Å². The van der Waals surface area contributed by atoms with E-state index >= 15 is 0 Å². The summed E-state index contributed by atoms with van der Waals surface area (Å²) >= 11 is 0. The zero-order valence-corrected chi connectivity index (χ0v) is 10.6. The molecule has 94 valence electrons. The van der Waals surface area contributed by atoms with Crippen molar-refractivity contribution in [1.82, 2.24) is 0 Å². The monoisotopic (exact) mass is 235 g/mol. The first-order chi connectivity index (χ1) is 8.09. The second kappa shape index (κ2) is 6.94. The summed E-state index contributed by atoms with van der Waals surface area (Å²) in [5.41, 5.74) is 3.71. The third kappa shape index (κ3) is 5.38. The van der Waals surface area contributed by atoms with Gasteiger partial charge in [-0.2, -0.15) is 0 Å². The summed E-state index contributed by atoms with van der Waals surface area (Å²) < 4.78 is 0. The van der Waals surface area contributed by atoms with Gasteiger partial charge in [0.25, 0.3) is 0 Å². The number of aliphatic carboxylic acids is 1. The third-order valence-electron chi connectivity index (χ3n) is 2.76. The van der Waals surface area contributed by atoms with Crippen molar-refractivity contribution in [2.24, 2.45) is 0 Å². The van der Waals surface area contributed by atoms with Gasteiger partial charge in [0, 0.05) is 18.7 Å². The third-order valence-corrected chi connectivity index (χ3v) is 2.76. The maximum atomic E-state index is 10.3. The molecule has 1 rings (SSSR count). The summed E-state index contributed by atoms with van der Waals surface area (Å²) in [6, 6.07) is 6.36. The second-order valence-electron chi connectivity index (χ2n) is 4.45. The van der Waals surface area contributed by atoms with Crippen molar-refractivity contribution in [3.63, 3.8) is 0 Å². The van der Waals surface area contributed by atoms with Gasteiger partial charge in [-0.1, -0.05) is 24.1 Å². The Morgan fingerprint density at radius 2 is 2.00 bits per heavy atom. The number of aryl methyl sites for hydroxylation is 2. The highest BCUT2D eigenvalue weighted by atomic mass is 16.4. The molecule has 0 aromatic heterocycles. The number of hydrogen-bond donors (Lipinski definition) is 2. The van der Waals surface area contributed by atoms with E-state index in [4.69, 9.17) is 5.11 Å². The Bertz CT molecular complexity index is 374. The first kappa shape index (κ1) is 13.6. The number of anilines is 1. The van der Waals surface area contributed by atoms with E-state index in [0.29, 0.717) is 0 Å². The molecule has 1 aromatic carbocycles. The standard InChI is InChI=1S/C14H21NO2/c1-11-7-8-13(12(2)10-11)15-9-5-3-4-6-14(16)17/h7-8,10,15H,3-6,9H2,1-2H3,(H,16,17). The van der Waals surface area contributed by atoms with Crippen LogP contribution in [0.2, 0.25) is 0 Å². The van der Waals surface area contributed by atoms with Crippen molar-refractivity contribution >= 4 is 11.7 Å². The number of carboxylic acid groups (broad SMARTS) is 1. The van der Waals surface area contributed by atoms with Crippen LogP contribution < -0.4 is 5.32 Å². The predicted octanol–water partition coefficient (Wildman–Crippen LogP) is 3.36. The average molecular weight is 235 g/mol. The molecule has 0 aliphatic heterocycles. The molecule has 0 aliphatic rings. The van der Waals surface area contributed by atoms with Crippen LogP contribution in [0.25, 0.3) is 0 Å². The number of hydrogen-bond acceptors (Lipinski definition) is 2. The topological polar surface area (TPSA) is 49.3 Å². The highest BCUT2D eigenvalue weighted by Gasteiger charge is 1.98. The van der Waals surface area contributed by atoms with E-state index in [1.165, 1.54) is 16.8 Å². The Morgan fingerprint density at radius 1 is 1.24 bits per heavy atom. The van der Waals surface area contributed by atoms with E-state index in [9.17, 15) is 4.79 Å². The van der Waals surface area contributed by atoms with Gasteiger partial charge >= 0.3 is 5.97 Å². The van der Waals surface area contributed by atoms with Crippen LogP contribution in [0.5, 0.6) is 0 Å². The molecule has 3 heteroatoms. The summed E-state index contributed by atoms with van der Waals surface area (Å²) in [7, 11) is 0. The number of carboxylic acids is 1. The molecule has 0 radical (unpaired) electrons. The van der Waals surface area contributed by atoms with Crippen LogP contribution in [0.3, 0.4) is 0 Å². The Balaban J connectivity index is 2.20. The van der Waals surface area contributed by atoms with Gasteiger partial charge in [0.2, 0.25) is 0 Å². The van der Waals surface area contributed by atoms with E-state index in [0.717, 1.165) is 25.8 Å². The molecule has 3 nitrogen and oxygen atoms in total. The van der Waals surface area contributed by atoms with Crippen LogP contribution in [-0.4, -0.2) is 17.6 Å². The number of carbonyl (C=O) groups is 1. The summed E-state index contributed by atoms with van der Waals surface area (Å²) in [6.45, 7) is 5.09. The van der Waals surface area contributed by atoms with Crippen molar-refractivity contribution in [3.8, 4) is 0 Å². The first-order valence-corrected chi connectivity index (χ1v) is 6.12. The fourth-order valence-corrected chi connectivity index (χ4v) is 1.81. The van der Waals surface area contributed by atoms with Crippen molar-refractivity contribution in [2.45, 2.75) is 39.5 Å². The van der Waals surface area contributed by atoms with E-state index in [1.807, 2.05) is 0 Å². The molecule has 0 heterocycles. The van der Waals surface area contributed by atoms with Crippen LogP contribution in [-0.2, 0) is 4.79 Å². The Kier molecular flexibility index (Phi) is 5.53. The zero-order chi connectivity index (χ0) is 12.7. The lowest BCUT2D eigenvalue weighted by Gasteiger charge is -2.09. The molecule has 0 saturated heterocycles. The molecule has 0 atom stereocenters. The number of rotatable bonds is 7. The largest absolute Gasteiger partial charge is 0.481 e. The molecular weight excluding hydrogens is 214 g/mol. The lowest BCUT2D eigenvalue weighted by Crippen LogP contribution is -2.03. The van der Waals surface area contributed by atoms with Crippen LogP contribution in [0, 0.1) is 13.8 Å². The fraction of sp³-hybridized carbons (Fsp3) is 0.500. The van der Waals surface area contributed by atoms with Crippen LogP contribution >= 0.6 is 0 Å². The maximum Gasteiger partial charge on any atom is 0.303 e. The maximum absolute atomic E-state index is 10.3. The van der Waals surface area contributed by atoms with Gasteiger partial charge in [-0.3, -0.25) is 4.79 Å². The van der Waals surface area contributed by atoms with E-state index < -0.39 is 5.97 Å². The Labute approximate surface area is 103 Å². The van der Waals surface area contributed by atoms with E-state index in [1.54, 1.807) is 0 Å². The minimum absolute atomic E-state index is 0.281. The van der Waals surface area contributed by atoms with Crippen molar-refractivity contribution in [3.05, 3.63) is 29.3 Å². The summed E-state index contributed by atoms with van der Waals surface area (Å²) in [5.74, 6) is -0.702. The molecule has 0 fully saturated rings. The quantitative estimate of drug-likeness (QED) is 0.712. The highest BCUT2D eigenvalue weighted by molar-refractivity contribution is 5.66. The number of unbranched alkanes of at least 4 members (excludes halogenated alkanes) is 2. The molecule has 0 unspecified atom stereocenters. The van der Waals surface area contributed by atoms with Crippen molar-refractivity contribution in [1.29, 1.82) is 0 Å². The van der Waals surface area contributed by atoms with E-state index in [2.05, 4.69) is 37.4 Å². The minimum atomic E-state index is -0.702. The van der Waals surface area contributed by atoms with E-state index in [-0.39, 0.29) is 6.42 Å². The molecule has 0 bridgehead atoms. The molecular formula is C14H21NO2. The van der Waals surface area contributed by atoms with Gasteiger partial charge in [-0.25, -0.2) is 0 Å². The lowest BCUT2D eigenvalue weighted by atomic mass is 10.1. The number of benzene rings is 1. The summed E-state index contributed by atoms with van der Waals surface area (Å²) in [6.07, 6.45) is 3.03. The molecule has 17 heavy (non-hydrogen) atoms. The number of nitrogens with one attached hydrogen (secondary N) is 1. The molecule has 2 N–H and O–H groups in total. The van der Waals surface area contributed by atoms with Crippen LogP contribution in [0.1, 0.15) is 36.8 Å². The fourth-order valence-electron chi connectivity index (χ4n) is 1.81. The molecule has 0 spiro atoms. The molecule has 0 saturated carbocycles. The minimum Gasteiger partial charge on any atom is -0.481 e. The molecule has 1 aromatic rings. The van der Waals surface area contributed by atoms with Gasteiger partial charge < -0.3 is 10.4 Å². The summed E-state index contributed by atoms with van der Waals surface area (Å²) in [5, 5.41) is 11.9. The highest BCUT2D eigenvalue weighted by Crippen LogP contribution is 2.16. The smallest absolute Gasteiger partial charge is 0.303 e.